The fourth-order valence-electron chi connectivity index (χ4n) is 1.97. The molecule has 0 amide bonds. The molecule has 0 aliphatic carbocycles. The van der Waals surface area contributed by atoms with Crippen molar-refractivity contribution < 1.29 is 14.3 Å². The zero-order chi connectivity index (χ0) is 12.0. The number of aromatic nitrogens is 1. The lowest BCUT2D eigenvalue weighted by Crippen LogP contribution is -2.20. The molecule has 0 saturated carbocycles. The zero-order valence-electron chi connectivity index (χ0n) is 9.18. The van der Waals surface area contributed by atoms with Crippen LogP contribution >= 0.6 is 11.3 Å². The van der Waals surface area contributed by atoms with Gasteiger partial charge in [0, 0.05) is 24.4 Å². The van der Waals surface area contributed by atoms with Crippen LogP contribution in [0.5, 0.6) is 5.88 Å². The van der Waals surface area contributed by atoms with Crippen LogP contribution in [-0.4, -0.2) is 10.9 Å². The SMILES string of the molecule is CC(=O)c1sc2ccc3ccccc3[n+]2c1O. The van der Waals surface area contributed by atoms with Crippen molar-refractivity contribution in [1.82, 2.24) is 0 Å². The van der Waals surface area contributed by atoms with Crippen molar-refractivity contribution >= 4 is 32.9 Å². The molecule has 0 saturated heterocycles. The number of aromatic hydroxyl groups is 1. The molecule has 3 nitrogen and oxygen atoms in total. The van der Waals surface area contributed by atoms with Crippen molar-refractivity contribution in [3.63, 3.8) is 0 Å². The lowest BCUT2D eigenvalue weighted by molar-refractivity contribution is -0.488. The molecule has 0 bridgehead atoms. The van der Waals surface area contributed by atoms with E-state index in [0.29, 0.717) is 4.88 Å². The maximum atomic E-state index is 11.4. The van der Waals surface area contributed by atoms with E-state index in [1.165, 1.54) is 18.3 Å². The van der Waals surface area contributed by atoms with Crippen molar-refractivity contribution in [3.05, 3.63) is 41.3 Å². The summed E-state index contributed by atoms with van der Waals surface area (Å²) in [6.07, 6.45) is 0. The molecular weight excluding hydrogens is 234 g/mol. The Labute approximate surface area is 102 Å². The highest BCUT2D eigenvalue weighted by Gasteiger charge is 2.25. The Kier molecular flexibility index (Phi) is 2.12. The zero-order valence-corrected chi connectivity index (χ0v) is 9.99. The summed E-state index contributed by atoms with van der Waals surface area (Å²) in [4.78, 5) is 12.7. The number of hydrogen-bond acceptors (Lipinski definition) is 3. The first-order chi connectivity index (χ1) is 8.18. The van der Waals surface area contributed by atoms with Crippen LogP contribution in [0.25, 0.3) is 15.7 Å². The third-order valence-electron chi connectivity index (χ3n) is 2.74. The number of fused-ring (bicyclic) bond motifs is 3. The number of Topliss-reactive ketones (excluding diaryl/α,β-unsaturated/α-hetero) is 1. The van der Waals surface area contributed by atoms with E-state index < -0.39 is 0 Å². The van der Waals surface area contributed by atoms with Gasteiger partial charge in [-0.1, -0.05) is 23.5 Å². The minimum Gasteiger partial charge on any atom is -0.458 e. The third kappa shape index (κ3) is 1.41. The van der Waals surface area contributed by atoms with Gasteiger partial charge in [-0.3, -0.25) is 4.79 Å². The first-order valence-electron chi connectivity index (χ1n) is 5.24. The standard InChI is InChI=1S/C13H9NO2S/c1-8(15)12-13(16)14-10-5-3-2-4-9(10)6-7-11(14)17-12/h2-7H,1H3/p+1. The molecule has 0 radical (unpaired) electrons. The Morgan fingerprint density at radius 3 is 2.76 bits per heavy atom. The van der Waals surface area contributed by atoms with Gasteiger partial charge in [0.15, 0.2) is 10.7 Å². The molecule has 0 spiro atoms. The number of thiazole rings is 1. The molecule has 4 heteroatoms. The molecule has 0 atom stereocenters. The van der Waals surface area contributed by atoms with E-state index in [0.717, 1.165) is 15.7 Å². The highest BCUT2D eigenvalue weighted by molar-refractivity contribution is 7.19. The maximum Gasteiger partial charge on any atom is 0.394 e. The number of carbonyl (C=O) groups is 1. The van der Waals surface area contributed by atoms with E-state index in [1.54, 1.807) is 4.40 Å². The van der Waals surface area contributed by atoms with Crippen molar-refractivity contribution in [3.8, 4) is 5.88 Å². The van der Waals surface area contributed by atoms with Crippen LogP contribution in [0.4, 0.5) is 0 Å². The summed E-state index contributed by atoms with van der Waals surface area (Å²) in [7, 11) is 0. The summed E-state index contributed by atoms with van der Waals surface area (Å²) in [5.74, 6) is -0.0745. The number of nitrogens with zero attached hydrogens (tertiary/aromatic N) is 1. The summed E-state index contributed by atoms with van der Waals surface area (Å²) in [5.41, 5.74) is 0.909. The first kappa shape index (κ1) is 10.2. The van der Waals surface area contributed by atoms with Crippen LogP contribution < -0.4 is 4.40 Å². The monoisotopic (exact) mass is 244 g/mol. The molecule has 1 N–H and O–H groups in total. The molecule has 0 aliphatic rings. The van der Waals surface area contributed by atoms with E-state index in [9.17, 15) is 9.90 Å². The second kappa shape index (κ2) is 3.53. The summed E-state index contributed by atoms with van der Waals surface area (Å²) in [6, 6.07) is 11.7. The summed E-state index contributed by atoms with van der Waals surface area (Å²) < 4.78 is 1.72. The average Bonchev–Trinajstić information content (AvgIpc) is 2.67. The smallest absolute Gasteiger partial charge is 0.394 e. The lowest BCUT2D eigenvalue weighted by Gasteiger charge is -1.92. The number of para-hydroxylation sites is 1. The normalized spacial score (nSPS) is 11.1. The van der Waals surface area contributed by atoms with Crippen LogP contribution in [-0.2, 0) is 0 Å². The Morgan fingerprint density at radius 1 is 1.24 bits per heavy atom. The first-order valence-corrected chi connectivity index (χ1v) is 6.06. The predicted molar refractivity (Wildman–Crippen MR) is 66.7 cm³/mol. The largest absolute Gasteiger partial charge is 0.458 e. The Bertz CT molecular complexity index is 746. The van der Waals surface area contributed by atoms with Gasteiger partial charge in [0.05, 0.1) is 0 Å². The van der Waals surface area contributed by atoms with Gasteiger partial charge in [-0.25, -0.2) is 0 Å². The Balaban J connectivity index is 2.53. The molecular formula is C13H10NO2S+. The molecule has 2 heterocycles. The molecule has 0 fully saturated rings. The summed E-state index contributed by atoms with van der Waals surface area (Å²) in [6.45, 7) is 1.47. The van der Waals surface area contributed by atoms with Gasteiger partial charge in [0.2, 0.25) is 5.52 Å². The molecule has 3 aromatic rings. The van der Waals surface area contributed by atoms with Crippen LogP contribution in [0.1, 0.15) is 16.6 Å². The Morgan fingerprint density at radius 2 is 2.00 bits per heavy atom. The van der Waals surface area contributed by atoms with Crippen LogP contribution in [0, 0.1) is 0 Å². The van der Waals surface area contributed by atoms with Gasteiger partial charge in [-0.2, -0.15) is 0 Å². The number of rotatable bonds is 1. The van der Waals surface area contributed by atoms with Crippen LogP contribution in [0.2, 0.25) is 0 Å². The number of benzene rings is 1. The molecule has 0 unspecified atom stereocenters. The molecule has 1 aromatic carbocycles. The van der Waals surface area contributed by atoms with Gasteiger partial charge in [0.25, 0.3) is 4.83 Å². The number of carbonyl (C=O) groups excluding carboxylic acids is 1. The maximum absolute atomic E-state index is 11.4. The molecule has 2 aromatic heterocycles. The topological polar surface area (TPSA) is 41.4 Å². The van der Waals surface area contributed by atoms with Gasteiger partial charge in [-0.15, -0.1) is 4.40 Å². The van der Waals surface area contributed by atoms with Crippen LogP contribution in [0.15, 0.2) is 36.4 Å². The highest BCUT2D eigenvalue weighted by atomic mass is 32.1. The van der Waals surface area contributed by atoms with Gasteiger partial charge in [-0.05, 0) is 12.1 Å². The van der Waals surface area contributed by atoms with Crippen molar-refractivity contribution in [2.75, 3.05) is 0 Å². The average molecular weight is 244 g/mol. The van der Waals surface area contributed by atoms with Crippen molar-refractivity contribution in [2.24, 2.45) is 0 Å². The third-order valence-corrected chi connectivity index (χ3v) is 3.95. The van der Waals surface area contributed by atoms with Crippen molar-refractivity contribution in [2.45, 2.75) is 6.92 Å². The lowest BCUT2D eigenvalue weighted by atomic mass is 10.2. The second-order valence-corrected chi connectivity index (χ2v) is 4.91. The van der Waals surface area contributed by atoms with Crippen molar-refractivity contribution in [1.29, 1.82) is 0 Å². The Hall–Kier alpha value is -1.94. The molecule has 17 heavy (non-hydrogen) atoms. The minimum atomic E-state index is -0.111. The fraction of sp³-hybridized carbons (Fsp3) is 0.0769. The second-order valence-electron chi connectivity index (χ2n) is 3.88. The van der Waals surface area contributed by atoms with E-state index >= 15 is 0 Å². The number of pyridine rings is 1. The van der Waals surface area contributed by atoms with E-state index in [2.05, 4.69) is 0 Å². The van der Waals surface area contributed by atoms with Gasteiger partial charge >= 0.3 is 5.88 Å². The number of ketones is 1. The van der Waals surface area contributed by atoms with E-state index in [1.807, 2.05) is 36.4 Å². The molecule has 84 valence electrons. The van der Waals surface area contributed by atoms with E-state index in [4.69, 9.17) is 0 Å². The molecule has 0 aliphatic heterocycles. The van der Waals surface area contributed by atoms with Crippen LogP contribution in [0.3, 0.4) is 0 Å². The summed E-state index contributed by atoms with van der Waals surface area (Å²) in [5, 5.41) is 11.1. The van der Waals surface area contributed by atoms with Gasteiger partial charge < -0.3 is 5.11 Å². The van der Waals surface area contributed by atoms with Gasteiger partial charge in [0.1, 0.15) is 0 Å². The van der Waals surface area contributed by atoms with E-state index in [-0.39, 0.29) is 11.7 Å². The molecule has 3 rings (SSSR count). The summed E-state index contributed by atoms with van der Waals surface area (Å²) >= 11 is 1.31. The minimum absolute atomic E-state index is 0.0364. The quantitative estimate of drug-likeness (QED) is 0.528. The fourth-order valence-corrected chi connectivity index (χ4v) is 2.91. The highest BCUT2D eigenvalue weighted by Crippen LogP contribution is 2.26. The predicted octanol–water partition coefficient (Wildman–Crippen LogP) is 2.55. The number of hydrogen-bond donors (Lipinski definition) is 1.